The predicted octanol–water partition coefficient (Wildman–Crippen LogP) is 4.77. The molecule has 1 aromatic carbocycles. The largest absolute Gasteiger partial charge is 0.416 e. The third kappa shape index (κ3) is 4.31. The molecule has 1 aliphatic carbocycles. The van der Waals surface area contributed by atoms with Gasteiger partial charge in [0.1, 0.15) is 11.5 Å². The molecule has 0 saturated carbocycles. The summed E-state index contributed by atoms with van der Waals surface area (Å²) in [6.45, 7) is 0.808. The number of fused-ring (bicyclic) bond motifs is 2. The molecule has 1 N–H and O–H groups in total. The lowest BCUT2D eigenvalue weighted by Gasteiger charge is -2.44. The fourth-order valence-corrected chi connectivity index (χ4v) is 5.94. The molecule has 1 saturated heterocycles. The van der Waals surface area contributed by atoms with Gasteiger partial charge in [-0.05, 0) is 72.8 Å². The van der Waals surface area contributed by atoms with Crippen LogP contribution in [0, 0.1) is 11.2 Å². The number of halogens is 4. The van der Waals surface area contributed by atoms with Crippen LogP contribution in [-0.4, -0.2) is 53.4 Å². The fraction of sp³-hybridized carbons (Fsp3) is 0.240. The molecule has 0 radical (unpaired) electrons. The maximum absolute atomic E-state index is 14.1. The lowest BCUT2D eigenvalue weighted by Crippen LogP contribution is -2.49. The molecule has 0 spiro atoms. The lowest BCUT2D eigenvalue weighted by molar-refractivity contribution is -0.137. The Morgan fingerprint density at radius 1 is 1.13 bits per heavy atom. The number of alkyl halides is 3. The minimum absolute atomic E-state index is 0.224. The first-order valence-corrected chi connectivity index (χ1v) is 12.4. The van der Waals surface area contributed by atoms with Crippen molar-refractivity contribution in [1.82, 2.24) is 34.5 Å². The van der Waals surface area contributed by atoms with Crippen molar-refractivity contribution < 1.29 is 22.4 Å². The Labute approximate surface area is 217 Å². The van der Waals surface area contributed by atoms with Gasteiger partial charge in [0.15, 0.2) is 10.8 Å². The van der Waals surface area contributed by atoms with Gasteiger partial charge in [-0.3, -0.25) is 9.78 Å². The summed E-state index contributed by atoms with van der Waals surface area (Å²) in [5.41, 5.74) is 0.625. The van der Waals surface area contributed by atoms with Gasteiger partial charge in [0.05, 0.1) is 34.8 Å². The first-order valence-electron chi connectivity index (χ1n) is 11.6. The molecule has 3 aromatic heterocycles. The average Bonchev–Trinajstić information content (AvgIpc) is 3.56. The number of hydrogen-bond acceptors (Lipinski definition) is 7. The highest BCUT2D eigenvalue weighted by molar-refractivity contribution is 7.97. The van der Waals surface area contributed by atoms with Crippen LogP contribution in [0.25, 0.3) is 11.8 Å². The molecule has 1 fully saturated rings. The molecule has 0 bridgehead atoms. The van der Waals surface area contributed by atoms with Crippen LogP contribution < -0.4 is 0 Å². The zero-order chi connectivity index (χ0) is 26.5. The van der Waals surface area contributed by atoms with Gasteiger partial charge >= 0.3 is 6.18 Å². The summed E-state index contributed by atoms with van der Waals surface area (Å²) in [6, 6.07) is 7.56. The quantitative estimate of drug-likeness (QED) is 0.221. The number of piperidine rings is 1. The van der Waals surface area contributed by atoms with E-state index in [0.717, 1.165) is 35.2 Å². The first-order chi connectivity index (χ1) is 18.2. The monoisotopic (exact) mass is 541 g/mol. The van der Waals surface area contributed by atoms with E-state index in [-0.39, 0.29) is 24.5 Å². The van der Waals surface area contributed by atoms with Gasteiger partial charge in [0.2, 0.25) is 0 Å². The summed E-state index contributed by atoms with van der Waals surface area (Å²) in [5, 5.41) is 15.5. The molecular weight excluding hydrogens is 522 g/mol. The van der Waals surface area contributed by atoms with E-state index in [2.05, 4.69) is 25.5 Å². The molecule has 8 nitrogen and oxygen atoms in total. The van der Waals surface area contributed by atoms with Crippen molar-refractivity contribution in [2.45, 2.75) is 24.0 Å². The van der Waals surface area contributed by atoms with Crippen LogP contribution >= 0.6 is 11.9 Å². The zero-order valence-corrected chi connectivity index (χ0v) is 20.4. The van der Waals surface area contributed by atoms with E-state index in [1.165, 1.54) is 24.1 Å². The highest BCUT2D eigenvalue weighted by atomic mass is 32.2. The maximum Gasteiger partial charge on any atom is 0.416 e. The maximum atomic E-state index is 14.1. The lowest BCUT2D eigenvalue weighted by atomic mass is 9.65. The van der Waals surface area contributed by atoms with Crippen LogP contribution in [0.1, 0.15) is 33.7 Å². The summed E-state index contributed by atoms with van der Waals surface area (Å²) in [5.74, 6) is -0.858. The number of pyridine rings is 1. The fourth-order valence-electron chi connectivity index (χ4n) is 5.03. The highest BCUT2D eigenvalue weighted by Gasteiger charge is 2.50. The van der Waals surface area contributed by atoms with Crippen molar-refractivity contribution in [2.75, 3.05) is 13.1 Å². The van der Waals surface area contributed by atoms with Crippen molar-refractivity contribution in [3.05, 3.63) is 88.9 Å². The van der Waals surface area contributed by atoms with Gasteiger partial charge in [-0.25, -0.2) is 13.4 Å². The second-order valence-corrected chi connectivity index (χ2v) is 10.3. The number of aromatic amines is 1. The zero-order valence-electron chi connectivity index (χ0n) is 19.6. The van der Waals surface area contributed by atoms with Crippen molar-refractivity contribution in [3.63, 3.8) is 0 Å². The number of nitrogens with zero attached hydrogens (tertiary/aromatic N) is 6. The Morgan fingerprint density at radius 2 is 1.95 bits per heavy atom. The van der Waals surface area contributed by atoms with Crippen molar-refractivity contribution in [3.8, 4) is 5.69 Å². The van der Waals surface area contributed by atoms with Crippen molar-refractivity contribution >= 4 is 23.8 Å². The Bertz CT molecular complexity index is 1530. The third-order valence-electron chi connectivity index (χ3n) is 6.82. The molecule has 0 amide bonds. The van der Waals surface area contributed by atoms with Gasteiger partial charge in [-0.1, -0.05) is 5.57 Å². The second-order valence-electron chi connectivity index (χ2n) is 9.14. The van der Waals surface area contributed by atoms with Crippen LogP contribution in [-0.2, 0) is 12.6 Å². The van der Waals surface area contributed by atoms with Gasteiger partial charge < -0.3 is 0 Å². The average molecular weight is 542 g/mol. The van der Waals surface area contributed by atoms with Gasteiger partial charge in [-0.15, -0.1) is 5.10 Å². The summed E-state index contributed by atoms with van der Waals surface area (Å²) in [4.78, 5) is 18.1. The van der Waals surface area contributed by atoms with Crippen LogP contribution in [0.3, 0.4) is 0 Å². The Kier molecular flexibility index (Phi) is 5.91. The molecule has 1 aliphatic heterocycles. The van der Waals surface area contributed by atoms with Crippen LogP contribution in [0.2, 0.25) is 0 Å². The second kappa shape index (κ2) is 9.17. The number of carbonyl (C=O) groups is 1. The molecule has 38 heavy (non-hydrogen) atoms. The van der Waals surface area contributed by atoms with E-state index < -0.39 is 22.9 Å². The predicted molar refractivity (Wildman–Crippen MR) is 130 cm³/mol. The van der Waals surface area contributed by atoms with Crippen molar-refractivity contribution in [2.24, 2.45) is 5.41 Å². The molecule has 194 valence electrons. The van der Waals surface area contributed by atoms with E-state index in [1.54, 1.807) is 29.2 Å². The van der Waals surface area contributed by atoms with Crippen LogP contribution in [0.5, 0.6) is 0 Å². The minimum Gasteiger partial charge on any atom is -0.291 e. The number of Topliss-reactive ketones (excluding diaryl/α,β-unsaturated/α-hetero) is 1. The Hall–Kier alpha value is -3.84. The molecule has 4 aromatic rings. The first kappa shape index (κ1) is 24.5. The van der Waals surface area contributed by atoms with E-state index >= 15 is 0 Å². The van der Waals surface area contributed by atoms with E-state index in [4.69, 9.17) is 0 Å². The standard InChI is InChI=1S/C25H19F4N7OS/c26-18-1-3-19(4-2-18)36-21-10-16-6-8-35(38-22-13-31-34-33-22)14-24(16,11-15(21)12-32-36)23(37)20-9-17(5-7-30-20)25(27,28)29/h1-5,7,9-10,12-13H,6,8,11,14H2,(H,31,33,34)/t24-/m0/s1. The number of nitrogens with one attached hydrogen (secondary N) is 1. The van der Waals surface area contributed by atoms with E-state index in [0.29, 0.717) is 23.7 Å². The number of ketones is 1. The number of benzene rings is 1. The summed E-state index contributed by atoms with van der Waals surface area (Å²) >= 11 is 1.32. The normalized spacial score (nSPS) is 19.5. The number of aromatic nitrogens is 6. The summed E-state index contributed by atoms with van der Waals surface area (Å²) in [6.07, 6.45) is 2.21. The topological polar surface area (TPSA) is 92.6 Å². The van der Waals surface area contributed by atoms with E-state index in [1.807, 2.05) is 10.4 Å². The minimum atomic E-state index is -4.61. The smallest absolute Gasteiger partial charge is 0.291 e. The summed E-state index contributed by atoms with van der Waals surface area (Å²) < 4.78 is 57.5. The van der Waals surface area contributed by atoms with Crippen molar-refractivity contribution in [1.29, 1.82) is 0 Å². The number of rotatable bonds is 5. The highest BCUT2D eigenvalue weighted by Crippen LogP contribution is 2.48. The number of carbonyl (C=O) groups excluding carboxylic acids is 1. The van der Waals surface area contributed by atoms with Gasteiger partial charge in [0, 0.05) is 19.3 Å². The third-order valence-corrected chi connectivity index (χ3v) is 7.78. The molecular formula is C25H19F4N7OS. The van der Waals surface area contributed by atoms with Gasteiger partial charge in [0.25, 0.3) is 0 Å². The van der Waals surface area contributed by atoms with E-state index in [9.17, 15) is 22.4 Å². The van der Waals surface area contributed by atoms with Gasteiger partial charge in [-0.2, -0.15) is 28.6 Å². The molecule has 6 rings (SSSR count). The molecule has 1 atom stereocenters. The van der Waals surface area contributed by atoms with Crippen LogP contribution in [0.4, 0.5) is 17.6 Å². The van der Waals surface area contributed by atoms with Crippen LogP contribution in [0.15, 0.2) is 65.6 Å². The molecule has 0 unspecified atom stereocenters. The SMILES string of the molecule is O=C(c1cc(C(F)(F)F)ccn1)[C@]12Cc3cnn(-c4ccc(F)cc4)c3C=C1CCN(Sc1cn[nH]n1)C2. The Morgan fingerprint density at radius 3 is 2.68 bits per heavy atom. The Balaban J connectivity index is 1.42. The summed E-state index contributed by atoms with van der Waals surface area (Å²) in [7, 11) is 0. The number of H-pyrrole nitrogens is 1. The molecule has 4 heterocycles. The number of hydrogen-bond donors (Lipinski definition) is 1. The molecule has 2 aliphatic rings. The molecule has 13 heteroatoms.